The van der Waals surface area contributed by atoms with E-state index in [1.54, 1.807) is 24.1 Å². The number of hydrogen-bond acceptors (Lipinski definition) is 3. The van der Waals surface area contributed by atoms with Gasteiger partial charge in [-0.15, -0.1) is 12.4 Å². The number of halogens is 3. The third-order valence-corrected chi connectivity index (χ3v) is 3.72. The molecule has 1 saturated heterocycles. The number of nitrogens with one attached hydrogen (secondary N) is 1. The van der Waals surface area contributed by atoms with Gasteiger partial charge in [-0.1, -0.05) is 6.07 Å². The molecule has 1 aliphatic heterocycles. The van der Waals surface area contributed by atoms with Crippen molar-refractivity contribution in [1.29, 1.82) is 0 Å². The third-order valence-electron chi connectivity index (χ3n) is 3.72. The van der Waals surface area contributed by atoms with Crippen LogP contribution in [0.15, 0.2) is 24.3 Å². The fraction of sp³-hybridized carbons (Fsp3) is 0.533. The van der Waals surface area contributed by atoms with Crippen LogP contribution in [0, 0.1) is 0 Å². The highest BCUT2D eigenvalue weighted by molar-refractivity contribution is 5.94. The summed E-state index contributed by atoms with van der Waals surface area (Å²) in [4.78, 5) is 14.2. The molecule has 1 fully saturated rings. The van der Waals surface area contributed by atoms with Crippen LogP contribution < -0.4 is 10.1 Å². The zero-order chi connectivity index (χ0) is 15.2. The summed E-state index contributed by atoms with van der Waals surface area (Å²) in [5.74, 6) is -0.159. The summed E-state index contributed by atoms with van der Waals surface area (Å²) < 4.78 is 28.8. The quantitative estimate of drug-likeness (QED) is 0.920. The minimum Gasteiger partial charge on any atom is -0.435 e. The van der Waals surface area contributed by atoms with Crippen molar-refractivity contribution in [2.75, 3.05) is 20.1 Å². The van der Waals surface area contributed by atoms with Gasteiger partial charge in [0.25, 0.3) is 5.91 Å². The van der Waals surface area contributed by atoms with Crippen LogP contribution in [-0.4, -0.2) is 43.6 Å². The van der Waals surface area contributed by atoms with Crippen molar-refractivity contribution in [3.8, 4) is 5.75 Å². The van der Waals surface area contributed by atoms with Gasteiger partial charge in [-0.2, -0.15) is 8.78 Å². The molecule has 1 aromatic carbocycles. The number of carbonyl (C=O) groups is 1. The first-order chi connectivity index (χ1) is 10.1. The molecule has 0 aromatic heterocycles. The number of alkyl halides is 2. The van der Waals surface area contributed by atoms with Crippen LogP contribution in [0.2, 0.25) is 0 Å². The number of ether oxygens (including phenoxy) is 1. The van der Waals surface area contributed by atoms with E-state index in [-0.39, 0.29) is 30.1 Å². The number of carbonyl (C=O) groups excluding carboxylic acids is 1. The fourth-order valence-corrected chi connectivity index (χ4v) is 2.56. The molecule has 1 N–H and O–H groups in total. The Balaban J connectivity index is 0.00000242. The highest BCUT2D eigenvalue weighted by Gasteiger charge is 2.22. The Morgan fingerprint density at radius 1 is 1.36 bits per heavy atom. The van der Waals surface area contributed by atoms with Gasteiger partial charge in [0, 0.05) is 18.7 Å². The maximum atomic E-state index is 12.5. The molecule has 1 heterocycles. The zero-order valence-electron chi connectivity index (χ0n) is 12.4. The van der Waals surface area contributed by atoms with Gasteiger partial charge in [0.15, 0.2) is 0 Å². The first-order valence-corrected chi connectivity index (χ1v) is 7.10. The summed E-state index contributed by atoms with van der Waals surface area (Å²) in [5.41, 5.74) is 0.368. The number of rotatable bonds is 4. The van der Waals surface area contributed by atoms with E-state index < -0.39 is 6.61 Å². The molecule has 0 saturated carbocycles. The molecule has 22 heavy (non-hydrogen) atoms. The van der Waals surface area contributed by atoms with Crippen molar-refractivity contribution in [3.63, 3.8) is 0 Å². The first kappa shape index (κ1) is 18.6. The number of nitrogens with zero attached hydrogens (tertiary/aromatic N) is 1. The van der Waals surface area contributed by atoms with Gasteiger partial charge in [-0.25, -0.2) is 0 Å². The highest BCUT2D eigenvalue weighted by Crippen LogP contribution is 2.19. The summed E-state index contributed by atoms with van der Waals surface area (Å²) in [6.45, 7) is -1.03. The molecule has 7 heteroatoms. The molecule has 1 amide bonds. The minimum atomic E-state index is -2.89. The largest absolute Gasteiger partial charge is 0.435 e. The monoisotopic (exact) mass is 334 g/mol. The van der Waals surface area contributed by atoms with Crippen molar-refractivity contribution in [2.24, 2.45) is 0 Å². The fourth-order valence-electron chi connectivity index (χ4n) is 2.56. The molecule has 1 unspecified atom stereocenters. The summed E-state index contributed by atoms with van der Waals surface area (Å²) >= 11 is 0. The summed E-state index contributed by atoms with van der Waals surface area (Å²) in [6.07, 6.45) is 2.87. The Kier molecular flexibility index (Phi) is 7.55. The molecular weight excluding hydrogens is 314 g/mol. The Bertz CT molecular complexity index is 480. The molecule has 1 atom stereocenters. The highest BCUT2D eigenvalue weighted by atomic mass is 35.5. The van der Waals surface area contributed by atoms with Crippen LogP contribution in [0.5, 0.6) is 5.75 Å². The second kappa shape index (κ2) is 8.90. The summed E-state index contributed by atoms with van der Waals surface area (Å²) in [5, 5.41) is 3.30. The minimum absolute atomic E-state index is 0. The van der Waals surface area contributed by atoms with Crippen LogP contribution in [0.25, 0.3) is 0 Å². The van der Waals surface area contributed by atoms with Crippen LogP contribution in [0.4, 0.5) is 8.78 Å². The molecule has 1 aromatic rings. The van der Waals surface area contributed by atoms with Gasteiger partial charge < -0.3 is 15.0 Å². The topological polar surface area (TPSA) is 41.6 Å². The average molecular weight is 335 g/mol. The normalized spacial score (nSPS) is 18.3. The Morgan fingerprint density at radius 2 is 2.14 bits per heavy atom. The van der Waals surface area contributed by atoms with Crippen molar-refractivity contribution >= 4 is 18.3 Å². The van der Waals surface area contributed by atoms with Crippen molar-refractivity contribution in [1.82, 2.24) is 10.2 Å². The van der Waals surface area contributed by atoms with Gasteiger partial charge in [0.05, 0.1) is 0 Å². The predicted octanol–water partition coefficient (Wildman–Crippen LogP) is 2.92. The number of benzene rings is 1. The van der Waals surface area contributed by atoms with E-state index in [4.69, 9.17) is 0 Å². The third kappa shape index (κ3) is 5.10. The Hall–Kier alpha value is -1.40. The van der Waals surface area contributed by atoms with Gasteiger partial charge in [0.2, 0.25) is 0 Å². The molecule has 0 radical (unpaired) electrons. The smallest absolute Gasteiger partial charge is 0.387 e. The standard InChI is InChI=1S/C15H20F2N2O2.ClH/c1-19(12-5-3-8-18-9-7-12)14(20)11-4-2-6-13(10-11)21-15(16)17;/h2,4,6,10,12,15,18H,3,5,7-9H2,1H3;1H. The second-order valence-corrected chi connectivity index (χ2v) is 5.16. The molecule has 4 nitrogen and oxygen atoms in total. The SMILES string of the molecule is CN(C(=O)c1cccc(OC(F)F)c1)C1CCCNCC1.Cl. The van der Waals surface area contributed by atoms with E-state index in [0.29, 0.717) is 5.56 Å². The van der Waals surface area contributed by atoms with Gasteiger partial charge in [-0.05, 0) is 50.6 Å². The van der Waals surface area contributed by atoms with Gasteiger partial charge >= 0.3 is 6.61 Å². The number of amides is 1. The molecule has 1 aliphatic rings. The van der Waals surface area contributed by atoms with E-state index in [1.165, 1.54) is 12.1 Å². The maximum absolute atomic E-state index is 12.5. The van der Waals surface area contributed by atoms with Crippen LogP contribution in [-0.2, 0) is 0 Å². The molecule has 2 rings (SSSR count). The zero-order valence-corrected chi connectivity index (χ0v) is 13.2. The summed E-state index contributed by atoms with van der Waals surface area (Å²) in [6, 6.07) is 6.12. The lowest BCUT2D eigenvalue weighted by molar-refractivity contribution is -0.0499. The first-order valence-electron chi connectivity index (χ1n) is 7.10. The van der Waals surface area contributed by atoms with E-state index in [2.05, 4.69) is 10.1 Å². The average Bonchev–Trinajstić information content (AvgIpc) is 2.74. The molecular formula is C15H21ClF2N2O2. The summed E-state index contributed by atoms with van der Waals surface area (Å²) in [7, 11) is 1.76. The predicted molar refractivity (Wildman–Crippen MR) is 82.9 cm³/mol. The van der Waals surface area contributed by atoms with E-state index in [0.717, 1.165) is 32.4 Å². The van der Waals surface area contributed by atoms with Gasteiger partial charge in [-0.3, -0.25) is 4.79 Å². The second-order valence-electron chi connectivity index (χ2n) is 5.16. The van der Waals surface area contributed by atoms with E-state index in [9.17, 15) is 13.6 Å². The van der Waals surface area contributed by atoms with Crippen molar-refractivity contribution in [2.45, 2.75) is 31.9 Å². The van der Waals surface area contributed by atoms with E-state index >= 15 is 0 Å². The van der Waals surface area contributed by atoms with Crippen LogP contribution in [0.1, 0.15) is 29.6 Å². The molecule has 0 aliphatic carbocycles. The van der Waals surface area contributed by atoms with Crippen LogP contribution >= 0.6 is 12.4 Å². The Morgan fingerprint density at radius 3 is 2.86 bits per heavy atom. The van der Waals surface area contributed by atoms with E-state index in [1.807, 2.05) is 0 Å². The lowest BCUT2D eigenvalue weighted by atomic mass is 10.1. The molecule has 0 bridgehead atoms. The molecule has 0 spiro atoms. The van der Waals surface area contributed by atoms with Crippen LogP contribution in [0.3, 0.4) is 0 Å². The lowest BCUT2D eigenvalue weighted by Crippen LogP contribution is -2.37. The lowest BCUT2D eigenvalue weighted by Gasteiger charge is -2.27. The maximum Gasteiger partial charge on any atom is 0.387 e. The Labute approximate surface area is 135 Å². The van der Waals surface area contributed by atoms with Crippen molar-refractivity contribution < 1.29 is 18.3 Å². The van der Waals surface area contributed by atoms with Gasteiger partial charge in [0.1, 0.15) is 5.75 Å². The number of hydrogen-bond donors (Lipinski definition) is 1. The van der Waals surface area contributed by atoms with Crippen molar-refractivity contribution in [3.05, 3.63) is 29.8 Å². The molecule has 124 valence electrons.